The van der Waals surface area contributed by atoms with Crippen LogP contribution < -0.4 is 0 Å². The van der Waals surface area contributed by atoms with Crippen molar-refractivity contribution in [3.63, 3.8) is 0 Å². The molecule has 1 rings (SSSR count). The molecule has 0 aromatic carbocycles. The lowest BCUT2D eigenvalue weighted by Gasteiger charge is -2.34. The molecule has 1 fully saturated rings. The molecule has 1 aliphatic carbocycles. The second-order valence-corrected chi connectivity index (χ2v) is 13.8. The number of rotatable bonds is 7. The SMILES string of the molecule is C=C(CC/C=C(\C)CO)[C@@H]1CC[C@@](C)(O)[C@H]1C[Si](C)(C)C. The van der Waals surface area contributed by atoms with Crippen LogP contribution in [0.3, 0.4) is 0 Å². The van der Waals surface area contributed by atoms with E-state index in [-0.39, 0.29) is 6.61 Å². The van der Waals surface area contributed by atoms with Gasteiger partial charge in [0.25, 0.3) is 0 Å². The van der Waals surface area contributed by atoms with Crippen LogP contribution in [0.15, 0.2) is 23.8 Å². The van der Waals surface area contributed by atoms with Gasteiger partial charge in [0.1, 0.15) is 0 Å². The van der Waals surface area contributed by atoms with E-state index in [4.69, 9.17) is 5.11 Å². The summed E-state index contributed by atoms with van der Waals surface area (Å²) in [6.07, 6.45) is 6.00. The molecule has 0 aliphatic heterocycles. The molecular formula is C18H34O2Si. The van der Waals surface area contributed by atoms with Gasteiger partial charge in [0.15, 0.2) is 0 Å². The molecule has 0 aromatic rings. The van der Waals surface area contributed by atoms with Gasteiger partial charge >= 0.3 is 0 Å². The van der Waals surface area contributed by atoms with Crippen LogP contribution in [0.25, 0.3) is 0 Å². The fraction of sp³-hybridized carbons (Fsp3) is 0.778. The Labute approximate surface area is 132 Å². The molecule has 3 heteroatoms. The van der Waals surface area contributed by atoms with E-state index < -0.39 is 13.7 Å². The lowest BCUT2D eigenvalue weighted by atomic mass is 9.83. The first-order valence-corrected chi connectivity index (χ1v) is 11.9. The zero-order valence-corrected chi connectivity index (χ0v) is 15.6. The van der Waals surface area contributed by atoms with Crippen LogP contribution in [-0.4, -0.2) is 30.5 Å². The lowest BCUT2D eigenvalue weighted by molar-refractivity contribution is 0.0209. The van der Waals surface area contributed by atoms with E-state index in [0.29, 0.717) is 11.8 Å². The van der Waals surface area contributed by atoms with E-state index in [0.717, 1.165) is 31.3 Å². The van der Waals surface area contributed by atoms with Crippen molar-refractivity contribution in [2.24, 2.45) is 11.8 Å². The maximum absolute atomic E-state index is 10.7. The van der Waals surface area contributed by atoms with Crippen LogP contribution in [0, 0.1) is 11.8 Å². The average Bonchev–Trinajstić information content (AvgIpc) is 2.63. The summed E-state index contributed by atoms with van der Waals surface area (Å²) in [6.45, 7) is 15.6. The molecule has 0 bridgehead atoms. The minimum atomic E-state index is -1.20. The largest absolute Gasteiger partial charge is 0.392 e. The number of hydrogen-bond donors (Lipinski definition) is 2. The highest BCUT2D eigenvalue weighted by Gasteiger charge is 2.45. The Kier molecular flexibility index (Phi) is 6.45. The van der Waals surface area contributed by atoms with Crippen molar-refractivity contribution in [1.29, 1.82) is 0 Å². The Morgan fingerprint density at radius 2 is 2.00 bits per heavy atom. The van der Waals surface area contributed by atoms with Crippen LogP contribution in [0.4, 0.5) is 0 Å². The minimum Gasteiger partial charge on any atom is -0.392 e. The van der Waals surface area contributed by atoms with Gasteiger partial charge in [-0.2, -0.15) is 0 Å². The van der Waals surface area contributed by atoms with Crippen LogP contribution in [-0.2, 0) is 0 Å². The minimum absolute atomic E-state index is 0.142. The van der Waals surface area contributed by atoms with Gasteiger partial charge in [-0.1, -0.05) is 49.5 Å². The number of hydrogen-bond acceptors (Lipinski definition) is 2. The monoisotopic (exact) mass is 310 g/mol. The molecule has 21 heavy (non-hydrogen) atoms. The second kappa shape index (κ2) is 7.25. The summed E-state index contributed by atoms with van der Waals surface area (Å²) in [7, 11) is -1.20. The Bertz CT molecular complexity index is 391. The molecular weight excluding hydrogens is 276 g/mol. The Morgan fingerprint density at radius 3 is 2.52 bits per heavy atom. The highest BCUT2D eigenvalue weighted by molar-refractivity contribution is 6.76. The molecule has 122 valence electrons. The van der Waals surface area contributed by atoms with Gasteiger partial charge in [-0.15, -0.1) is 0 Å². The molecule has 0 aromatic heterocycles. The standard InChI is InChI=1S/C18H34O2Si/c1-14(12-19)8-7-9-15(2)16-10-11-18(3,20)17(16)13-21(4,5)6/h8,16-17,19-20H,2,7,9-13H2,1,3-6H3/b14-8+/t16-,17-,18+/m0/s1. The molecule has 0 radical (unpaired) electrons. The fourth-order valence-corrected chi connectivity index (χ4v) is 5.58. The van der Waals surface area contributed by atoms with Crippen molar-refractivity contribution in [2.75, 3.05) is 6.61 Å². The Balaban J connectivity index is 2.69. The van der Waals surface area contributed by atoms with Crippen molar-refractivity contribution in [3.8, 4) is 0 Å². The van der Waals surface area contributed by atoms with Gasteiger partial charge < -0.3 is 10.2 Å². The molecule has 0 unspecified atom stereocenters. The zero-order valence-electron chi connectivity index (χ0n) is 14.6. The van der Waals surface area contributed by atoms with Gasteiger partial charge in [0.05, 0.1) is 12.2 Å². The second-order valence-electron chi connectivity index (χ2n) is 8.28. The third kappa shape index (κ3) is 5.72. The van der Waals surface area contributed by atoms with E-state index >= 15 is 0 Å². The van der Waals surface area contributed by atoms with Gasteiger partial charge in [0.2, 0.25) is 0 Å². The number of aliphatic hydroxyl groups is 2. The predicted molar refractivity (Wildman–Crippen MR) is 94.2 cm³/mol. The topological polar surface area (TPSA) is 40.5 Å². The number of aliphatic hydroxyl groups excluding tert-OH is 1. The van der Waals surface area contributed by atoms with Crippen LogP contribution >= 0.6 is 0 Å². The summed E-state index contributed by atoms with van der Waals surface area (Å²) in [5.41, 5.74) is 1.79. The van der Waals surface area contributed by atoms with Gasteiger partial charge in [-0.05, 0) is 51.4 Å². The third-order valence-electron chi connectivity index (χ3n) is 4.81. The van der Waals surface area contributed by atoms with Crippen molar-refractivity contribution >= 4 is 8.07 Å². The summed E-state index contributed by atoms with van der Waals surface area (Å²) in [5, 5.41) is 19.8. The van der Waals surface area contributed by atoms with Crippen LogP contribution in [0.5, 0.6) is 0 Å². The van der Waals surface area contributed by atoms with E-state index in [9.17, 15) is 5.11 Å². The van der Waals surface area contributed by atoms with Crippen LogP contribution in [0.1, 0.15) is 39.5 Å². The first kappa shape index (κ1) is 18.7. The molecule has 0 spiro atoms. The van der Waals surface area contributed by atoms with Crippen molar-refractivity contribution < 1.29 is 10.2 Å². The Morgan fingerprint density at radius 1 is 1.38 bits per heavy atom. The fourth-order valence-electron chi connectivity index (χ4n) is 3.53. The molecule has 0 amide bonds. The van der Waals surface area contributed by atoms with Crippen molar-refractivity contribution in [1.82, 2.24) is 0 Å². The highest BCUT2D eigenvalue weighted by Crippen LogP contribution is 2.48. The summed E-state index contributed by atoms with van der Waals surface area (Å²) >= 11 is 0. The summed E-state index contributed by atoms with van der Waals surface area (Å²) in [5.74, 6) is 0.842. The zero-order chi connectivity index (χ0) is 16.3. The van der Waals surface area contributed by atoms with Crippen LogP contribution in [0.2, 0.25) is 25.7 Å². The van der Waals surface area contributed by atoms with Gasteiger partial charge in [-0.25, -0.2) is 0 Å². The first-order valence-electron chi connectivity index (χ1n) is 8.23. The van der Waals surface area contributed by atoms with E-state index in [2.05, 4.69) is 32.3 Å². The highest BCUT2D eigenvalue weighted by atomic mass is 28.3. The van der Waals surface area contributed by atoms with E-state index in [1.165, 1.54) is 11.6 Å². The maximum atomic E-state index is 10.7. The maximum Gasteiger partial charge on any atom is 0.0651 e. The first-order chi connectivity index (χ1) is 9.57. The van der Waals surface area contributed by atoms with Crippen molar-refractivity contribution in [3.05, 3.63) is 23.8 Å². The van der Waals surface area contributed by atoms with E-state index in [1.54, 1.807) is 0 Å². The summed E-state index contributed by atoms with van der Waals surface area (Å²) in [6, 6.07) is 1.18. The number of allylic oxidation sites excluding steroid dienone is 2. The van der Waals surface area contributed by atoms with Gasteiger partial charge in [0, 0.05) is 8.07 Å². The molecule has 2 nitrogen and oxygen atoms in total. The Hall–Kier alpha value is -0.383. The van der Waals surface area contributed by atoms with Crippen molar-refractivity contribution in [2.45, 2.75) is 70.8 Å². The van der Waals surface area contributed by atoms with E-state index in [1.807, 2.05) is 13.8 Å². The molecule has 1 aliphatic rings. The van der Waals surface area contributed by atoms with Gasteiger partial charge in [-0.3, -0.25) is 0 Å². The molecule has 0 saturated heterocycles. The molecule has 2 N–H and O–H groups in total. The molecule has 1 saturated carbocycles. The summed E-state index contributed by atoms with van der Waals surface area (Å²) < 4.78 is 0. The summed E-state index contributed by atoms with van der Waals surface area (Å²) in [4.78, 5) is 0. The quantitative estimate of drug-likeness (QED) is 0.541. The third-order valence-corrected chi connectivity index (χ3v) is 6.47. The molecule has 3 atom stereocenters. The smallest absolute Gasteiger partial charge is 0.0651 e. The molecule has 0 heterocycles. The predicted octanol–water partition coefficient (Wildman–Crippen LogP) is 4.38. The average molecular weight is 311 g/mol. The normalized spacial score (nSPS) is 30.7. The lowest BCUT2D eigenvalue weighted by Crippen LogP contribution is -2.38.